The van der Waals surface area contributed by atoms with Gasteiger partial charge in [0.1, 0.15) is 52.1 Å². The molecule has 8 rings (SSSR count). The summed E-state index contributed by atoms with van der Waals surface area (Å²) in [5, 5.41) is 9.69. The van der Waals surface area contributed by atoms with E-state index in [1.54, 1.807) is 62.8 Å². The first-order valence-corrected chi connectivity index (χ1v) is 22.6. The molecule has 4 heterocycles. The minimum absolute atomic E-state index is 0.0273. The van der Waals surface area contributed by atoms with Gasteiger partial charge < -0.3 is 42.4 Å². The number of ether oxygens (including phenoxy) is 6. The smallest absolute Gasteiger partial charge is 0.416 e. The van der Waals surface area contributed by atoms with E-state index in [-0.39, 0.29) is 18.2 Å². The molecule has 4 aromatic carbocycles. The van der Waals surface area contributed by atoms with E-state index in [0.29, 0.717) is 73.7 Å². The zero-order valence-electron chi connectivity index (χ0n) is 39.4. The zero-order chi connectivity index (χ0) is 48.3. The highest BCUT2D eigenvalue weighted by Gasteiger charge is 2.43. The van der Waals surface area contributed by atoms with E-state index in [0.717, 1.165) is 58.4 Å². The molecule has 0 radical (unpaired) electrons. The molecule has 16 nitrogen and oxygen atoms in total. The van der Waals surface area contributed by atoms with Crippen molar-refractivity contribution in [2.24, 2.45) is 0 Å². The van der Waals surface area contributed by atoms with E-state index in [1.807, 2.05) is 81.1 Å². The molecule has 1 N–H and O–H groups in total. The minimum atomic E-state index is -1.06. The second-order valence-corrected chi connectivity index (χ2v) is 16.6. The molecule has 0 unspecified atom stereocenters. The van der Waals surface area contributed by atoms with Gasteiger partial charge in [-0.05, 0) is 130 Å². The summed E-state index contributed by atoms with van der Waals surface area (Å²) in [6.07, 6.45) is 2.94. The third-order valence-corrected chi connectivity index (χ3v) is 12.0. The molecule has 2 saturated heterocycles. The molecule has 68 heavy (non-hydrogen) atoms. The number of oxazole rings is 2. The molecule has 358 valence electrons. The molecular weight excluding hydrogens is 873 g/mol. The maximum absolute atomic E-state index is 13.0. The molecule has 2 fully saturated rings. The highest BCUT2D eigenvalue weighted by atomic mass is 16.6. The summed E-state index contributed by atoms with van der Waals surface area (Å²) in [5.74, 6) is 5.49. The Morgan fingerprint density at radius 1 is 0.559 bits per heavy atom. The summed E-state index contributed by atoms with van der Waals surface area (Å²) in [7, 11) is 3.15. The van der Waals surface area contributed by atoms with Gasteiger partial charge in [-0.2, -0.15) is 0 Å². The van der Waals surface area contributed by atoms with Crippen molar-refractivity contribution < 1.29 is 56.7 Å². The van der Waals surface area contributed by atoms with Crippen molar-refractivity contribution in [3.05, 3.63) is 143 Å². The largest absolute Gasteiger partial charge is 0.497 e. The van der Waals surface area contributed by atoms with E-state index < -0.39 is 24.1 Å². The Balaban J connectivity index is 0.000000202. The lowest BCUT2D eigenvalue weighted by molar-refractivity contribution is -0.141. The topological polar surface area (TPSA) is 185 Å². The fourth-order valence-corrected chi connectivity index (χ4v) is 8.56. The van der Waals surface area contributed by atoms with E-state index in [4.69, 9.17) is 37.3 Å². The second-order valence-electron chi connectivity index (χ2n) is 16.6. The number of methoxy groups -OCH3 is 2. The van der Waals surface area contributed by atoms with Crippen molar-refractivity contribution in [3.8, 4) is 34.5 Å². The fourth-order valence-electron chi connectivity index (χ4n) is 8.56. The van der Waals surface area contributed by atoms with Gasteiger partial charge in [0.2, 0.25) is 0 Å². The maximum atomic E-state index is 13.0. The van der Waals surface area contributed by atoms with Crippen LogP contribution >= 0.6 is 0 Å². The number of amides is 2. The van der Waals surface area contributed by atoms with Crippen molar-refractivity contribution in [2.45, 2.75) is 97.3 Å². The number of carboxylic acid groups (broad SMARTS) is 1. The SMILES string of the molecule is COc1ccc(OC(=O)N2[C@@H](C(=O)O)CC[C@@H]2c2ccc(OCCc3nc(C)oc3C)cc2)cc1.COc1ccc(OC(=O)N2[C@@H](c3ccc(OCCc4nc(C)oc4C)cc3)CC[C@@H]2C)cc1. The van der Waals surface area contributed by atoms with Crippen LogP contribution in [0.15, 0.2) is 106 Å². The summed E-state index contributed by atoms with van der Waals surface area (Å²) >= 11 is 0. The first kappa shape index (κ1) is 48.4. The molecule has 2 aromatic heterocycles. The first-order chi connectivity index (χ1) is 32.8. The normalized spacial score (nSPS) is 17.5. The van der Waals surface area contributed by atoms with Crippen molar-refractivity contribution in [2.75, 3.05) is 27.4 Å². The predicted molar refractivity (Wildman–Crippen MR) is 250 cm³/mol. The monoisotopic (exact) mass is 930 g/mol. The summed E-state index contributed by atoms with van der Waals surface area (Å²) in [4.78, 5) is 49.7. The van der Waals surface area contributed by atoms with Gasteiger partial charge in [-0.15, -0.1) is 0 Å². The van der Waals surface area contributed by atoms with Crippen molar-refractivity contribution in [1.82, 2.24) is 19.8 Å². The summed E-state index contributed by atoms with van der Waals surface area (Å²) < 4.78 is 44.0. The molecule has 6 aromatic rings. The number of aryl methyl sites for hydroxylation is 4. The number of hydrogen-bond donors (Lipinski definition) is 1. The quantitative estimate of drug-likeness (QED) is 0.103. The summed E-state index contributed by atoms with van der Waals surface area (Å²) in [6.45, 7) is 10.5. The zero-order valence-corrected chi connectivity index (χ0v) is 39.4. The second kappa shape index (κ2) is 22.3. The number of aliphatic carboxylic acids is 1. The van der Waals surface area contributed by atoms with Crippen molar-refractivity contribution in [3.63, 3.8) is 0 Å². The van der Waals surface area contributed by atoms with Crippen molar-refractivity contribution in [1.29, 1.82) is 0 Å². The Morgan fingerprint density at radius 3 is 1.34 bits per heavy atom. The van der Waals surface area contributed by atoms with E-state index in [1.165, 1.54) is 4.90 Å². The van der Waals surface area contributed by atoms with Crippen LogP contribution in [0.25, 0.3) is 0 Å². The average Bonchev–Trinajstić information content (AvgIpc) is 4.12. The number of rotatable bonds is 15. The Bertz CT molecular complexity index is 2610. The van der Waals surface area contributed by atoms with Gasteiger partial charge in [-0.3, -0.25) is 9.80 Å². The van der Waals surface area contributed by atoms with E-state index in [2.05, 4.69) is 16.9 Å². The molecule has 0 aliphatic carbocycles. The molecule has 0 bridgehead atoms. The van der Waals surface area contributed by atoms with Gasteiger partial charge in [0.15, 0.2) is 11.8 Å². The standard InChI is InChI=1S/C26H28N2O7.C26H30N2O5/c1-16-22(27-17(2)34-16)14-15-33-20-6-4-18(5-7-20)23-12-13-24(25(29)30)28(23)26(31)35-21-10-8-19(32-3)9-11-21;1-17-5-14-25(28(17)26(29)33-23-12-10-21(30-4)11-13-23)20-6-8-22(9-7-20)31-16-15-24-18(2)32-19(3)27-24/h4-11,23-24H,12-15H2,1-3H3,(H,29,30);6-13,17,25H,5,14-16H2,1-4H3/t23-,24-;17-,25+/m10/s1. The van der Waals surface area contributed by atoms with Crippen LogP contribution in [-0.4, -0.2) is 82.5 Å². The highest BCUT2D eigenvalue weighted by Crippen LogP contribution is 2.39. The van der Waals surface area contributed by atoms with Crippen LogP contribution in [0.2, 0.25) is 0 Å². The molecular formula is C52H58N4O12. The molecule has 0 saturated carbocycles. The van der Waals surface area contributed by atoms with Crippen molar-refractivity contribution >= 4 is 18.2 Å². The molecule has 16 heteroatoms. The third kappa shape index (κ3) is 12.1. The average molecular weight is 931 g/mol. The van der Waals surface area contributed by atoms with Crippen LogP contribution in [0.5, 0.6) is 34.5 Å². The predicted octanol–water partition coefficient (Wildman–Crippen LogP) is 10.4. The van der Waals surface area contributed by atoms with Gasteiger partial charge in [0.25, 0.3) is 0 Å². The van der Waals surface area contributed by atoms with E-state index >= 15 is 0 Å². The molecule has 2 amide bonds. The van der Waals surface area contributed by atoms with Gasteiger partial charge in [-0.25, -0.2) is 24.4 Å². The van der Waals surface area contributed by atoms with Crippen LogP contribution in [-0.2, 0) is 17.6 Å². The Labute approximate surface area is 395 Å². The van der Waals surface area contributed by atoms with Crippen LogP contribution in [0, 0.1) is 27.7 Å². The van der Waals surface area contributed by atoms with Crippen LogP contribution in [0.3, 0.4) is 0 Å². The highest BCUT2D eigenvalue weighted by molar-refractivity contribution is 5.82. The summed E-state index contributed by atoms with van der Waals surface area (Å²) in [5.41, 5.74) is 3.68. The lowest BCUT2D eigenvalue weighted by Gasteiger charge is -2.28. The Hall–Kier alpha value is -7.49. The number of aromatic nitrogens is 2. The maximum Gasteiger partial charge on any atom is 0.416 e. The number of benzene rings is 4. The van der Waals surface area contributed by atoms with Gasteiger partial charge in [0.05, 0.1) is 50.9 Å². The number of carboxylic acids is 1. The van der Waals surface area contributed by atoms with Gasteiger partial charge >= 0.3 is 18.2 Å². The van der Waals surface area contributed by atoms with Crippen LogP contribution in [0.1, 0.15) is 90.5 Å². The fraction of sp³-hybridized carbons (Fsp3) is 0.365. The molecule has 2 aliphatic rings. The Kier molecular flexibility index (Phi) is 15.9. The molecule has 4 atom stereocenters. The van der Waals surface area contributed by atoms with Crippen LogP contribution in [0.4, 0.5) is 9.59 Å². The van der Waals surface area contributed by atoms with E-state index in [9.17, 15) is 19.5 Å². The lowest BCUT2D eigenvalue weighted by Crippen LogP contribution is -2.43. The van der Waals surface area contributed by atoms with Gasteiger partial charge in [-0.1, -0.05) is 24.3 Å². The number of carbonyl (C=O) groups excluding carboxylic acids is 2. The third-order valence-electron chi connectivity index (χ3n) is 12.0. The number of nitrogens with zero attached hydrogens (tertiary/aromatic N) is 4. The Morgan fingerprint density at radius 2 is 0.941 bits per heavy atom. The first-order valence-electron chi connectivity index (χ1n) is 22.6. The lowest BCUT2D eigenvalue weighted by atomic mass is 10.0. The van der Waals surface area contributed by atoms with Gasteiger partial charge in [0, 0.05) is 32.7 Å². The number of likely N-dealkylation sites (tertiary alicyclic amines) is 2. The minimum Gasteiger partial charge on any atom is -0.497 e. The number of hydrogen-bond acceptors (Lipinski definition) is 13. The molecule has 2 aliphatic heterocycles. The number of carbonyl (C=O) groups is 3. The van der Waals surface area contributed by atoms with Crippen LogP contribution < -0.4 is 28.4 Å². The molecule has 0 spiro atoms. The summed E-state index contributed by atoms with van der Waals surface area (Å²) in [6, 6.07) is 27.5.